The molecule has 4 nitrogen and oxygen atoms in total. The second kappa shape index (κ2) is 6.31. The van der Waals surface area contributed by atoms with Crippen LogP contribution in [0.15, 0.2) is 35.1 Å². The third kappa shape index (κ3) is 3.10. The molecule has 1 aromatic heterocycles. The molecule has 0 radical (unpaired) electrons. The summed E-state index contributed by atoms with van der Waals surface area (Å²) in [6.45, 7) is 5.09. The predicted molar refractivity (Wildman–Crippen MR) is 88.1 cm³/mol. The lowest BCUT2D eigenvalue weighted by atomic mass is 10.0. The molecule has 1 fully saturated rings. The largest absolute Gasteiger partial charge is 0.357 e. The number of anilines is 1. The Bertz CT molecular complexity index is 658. The molecule has 3 rings (SSSR count). The molecule has 1 saturated heterocycles. The van der Waals surface area contributed by atoms with Gasteiger partial charge in [-0.2, -0.15) is 0 Å². The minimum absolute atomic E-state index is 0.00171. The topological polar surface area (TPSA) is 48.1 Å². The molecule has 2 aromatic rings. The first-order valence-corrected chi connectivity index (χ1v) is 7.88. The Morgan fingerprint density at radius 2 is 2.14 bits per heavy atom. The normalized spacial score (nSPS) is 18.8. The highest BCUT2D eigenvalue weighted by atomic mass is 16.1. The average Bonchev–Trinajstić information content (AvgIpc) is 2.53. The maximum absolute atomic E-state index is 12.2. The van der Waals surface area contributed by atoms with E-state index in [4.69, 9.17) is 0 Å². The fourth-order valence-electron chi connectivity index (χ4n) is 3.11. The number of rotatable bonds is 4. The molecular weight excluding hydrogens is 262 g/mol. The number of piperidine rings is 1. The molecule has 2 N–H and O–H groups in total. The monoisotopic (exact) mass is 285 g/mol. The third-order valence-electron chi connectivity index (χ3n) is 4.31. The molecule has 1 unspecified atom stereocenters. The van der Waals surface area contributed by atoms with E-state index >= 15 is 0 Å². The minimum atomic E-state index is -0.00171. The van der Waals surface area contributed by atoms with E-state index in [1.54, 1.807) is 0 Å². The zero-order valence-electron chi connectivity index (χ0n) is 12.6. The van der Waals surface area contributed by atoms with Gasteiger partial charge < -0.3 is 15.2 Å². The highest BCUT2D eigenvalue weighted by molar-refractivity contribution is 5.83. The Hall–Kier alpha value is -1.81. The number of nitrogens with one attached hydrogen (secondary N) is 2. The Balaban J connectivity index is 1.87. The zero-order chi connectivity index (χ0) is 14.7. The van der Waals surface area contributed by atoms with Crippen LogP contribution < -0.4 is 15.8 Å². The summed E-state index contributed by atoms with van der Waals surface area (Å²) in [6.07, 6.45) is 3.78. The molecule has 2 heterocycles. The number of hydrogen-bond donors (Lipinski definition) is 2. The highest BCUT2D eigenvalue weighted by Gasteiger charge is 2.17. The molecule has 21 heavy (non-hydrogen) atoms. The van der Waals surface area contributed by atoms with E-state index in [9.17, 15) is 4.79 Å². The minimum Gasteiger partial charge on any atom is -0.357 e. The van der Waals surface area contributed by atoms with E-state index < -0.39 is 0 Å². The number of H-pyrrole nitrogens is 1. The number of likely N-dealkylation sites (N-methyl/N-ethyl adjacent to an activating group) is 1. The van der Waals surface area contributed by atoms with Gasteiger partial charge in [0.15, 0.2) is 0 Å². The van der Waals surface area contributed by atoms with Crippen molar-refractivity contribution in [1.82, 2.24) is 10.3 Å². The molecular formula is C17H23N3O. The Morgan fingerprint density at radius 1 is 1.29 bits per heavy atom. The van der Waals surface area contributed by atoms with Crippen LogP contribution in [0.3, 0.4) is 0 Å². The standard InChI is InChI=1S/C17H23N3O/c1-2-20(12-14-8-5-6-10-18-14)16-11-13-7-3-4-9-15(13)17(21)19-16/h3-4,7,9,11,14,18H,2,5-6,8,10,12H2,1H3,(H,19,21). The molecule has 1 aromatic carbocycles. The van der Waals surface area contributed by atoms with Gasteiger partial charge in [-0.15, -0.1) is 0 Å². The van der Waals surface area contributed by atoms with Crippen molar-refractivity contribution in [1.29, 1.82) is 0 Å². The SMILES string of the molecule is CCN(CC1CCCCN1)c1cc2ccccc2c(=O)[nH]1. The van der Waals surface area contributed by atoms with Crippen LogP contribution in [0.4, 0.5) is 5.82 Å². The first-order valence-electron chi connectivity index (χ1n) is 7.88. The number of pyridine rings is 1. The van der Waals surface area contributed by atoms with Crippen molar-refractivity contribution < 1.29 is 0 Å². The summed E-state index contributed by atoms with van der Waals surface area (Å²) in [5.41, 5.74) is -0.00171. The van der Waals surface area contributed by atoms with Gasteiger partial charge in [0.1, 0.15) is 5.82 Å². The zero-order valence-corrected chi connectivity index (χ0v) is 12.6. The van der Waals surface area contributed by atoms with Crippen LogP contribution >= 0.6 is 0 Å². The van der Waals surface area contributed by atoms with Gasteiger partial charge in [0.2, 0.25) is 0 Å². The van der Waals surface area contributed by atoms with Crippen molar-refractivity contribution in [2.24, 2.45) is 0 Å². The lowest BCUT2D eigenvalue weighted by molar-refractivity contribution is 0.399. The summed E-state index contributed by atoms with van der Waals surface area (Å²) < 4.78 is 0. The number of benzene rings is 1. The molecule has 0 amide bonds. The summed E-state index contributed by atoms with van der Waals surface area (Å²) in [5, 5.41) is 5.34. The van der Waals surface area contributed by atoms with Crippen LogP contribution in [0.25, 0.3) is 10.8 Å². The quantitative estimate of drug-likeness (QED) is 0.907. The number of fused-ring (bicyclic) bond motifs is 1. The molecule has 1 aliphatic heterocycles. The summed E-state index contributed by atoms with van der Waals surface area (Å²) in [7, 11) is 0. The van der Waals surface area contributed by atoms with E-state index in [1.807, 2.05) is 24.3 Å². The van der Waals surface area contributed by atoms with Gasteiger partial charge in [0, 0.05) is 24.5 Å². The predicted octanol–water partition coefficient (Wildman–Crippen LogP) is 2.50. The smallest absolute Gasteiger partial charge is 0.257 e. The van der Waals surface area contributed by atoms with Crippen LogP contribution in [0.2, 0.25) is 0 Å². The van der Waals surface area contributed by atoms with Gasteiger partial charge in [0.05, 0.1) is 0 Å². The van der Waals surface area contributed by atoms with Crippen LogP contribution in [0, 0.1) is 0 Å². The fraction of sp³-hybridized carbons (Fsp3) is 0.471. The number of aromatic amines is 1. The third-order valence-corrected chi connectivity index (χ3v) is 4.31. The van der Waals surface area contributed by atoms with Gasteiger partial charge in [-0.25, -0.2) is 0 Å². The van der Waals surface area contributed by atoms with Gasteiger partial charge in [-0.3, -0.25) is 4.79 Å². The molecule has 112 valence electrons. The van der Waals surface area contributed by atoms with Gasteiger partial charge in [-0.1, -0.05) is 24.6 Å². The van der Waals surface area contributed by atoms with Gasteiger partial charge in [-0.05, 0) is 43.8 Å². The summed E-state index contributed by atoms with van der Waals surface area (Å²) >= 11 is 0. The number of aromatic nitrogens is 1. The van der Waals surface area contributed by atoms with E-state index in [0.29, 0.717) is 6.04 Å². The van der Waals surface area contributed by atoms with Gasteiger partial charge in [0.25, 0.3) is 5.56 Å². The number of nitrogens with zero attached hydrogens (tertiary/aromatic N) is 1. The van der Waals surface area contributed by atoms with E-state index in [2.05, 4.69) is 28.2 Å². The Morgan fingerprint density at radius 3 is 2.90 bits per heavy atom. The van der Waals surface area contributed by atoms with Crippen molar-refractivity contribution in [3.63, 3.8) is 0 Å². The molecule has 0 spiro atoms. The van der Waals surface area contributed by atoms with Crippen molar-refractivity contribution in [2.75, 3.05) is 24.5 Å². The van der Waals surface area contributed by atoms with E-state index in [0.717, 1.165) is 36.2 Å². The number of hydrogen-bond acceptors (Lipinski definition) is 3. The van der Waals surface area contributed by atoms with Crippen LogP contribution in [-0.4, -0.2) is 30.7 Å². The summed E-state index contributed by atoms with van der Waals surface area (Å²) in [6, 6.07) is 10.4. The molecule has 0 bridgehead atoms. The lowest BCUT2D eigenvalue weighted by Crippen LogP contribution is -2.44. The molecule has 4 heteroatoms. The van der Waals surface area contributed by atoms with Crippen LogP contribution in [-0.2, 0) is 0 Å². The summed E-state index contributed by atoms with van der Waals surface area (Å²) in [5.74, 6) is 0.925. The first-order chi connectivity index (χ1) is 10.3. The maximum Gasteiger partial charge on any atom is 0.257 e. The van der Waals surface area contributed by atoms with Crippen LogP contribution in [0.1, 0.15) is 26.2 Å². The maximum atomic E-state index is 12.2. The second-order valence-electron chi connectivity index (χ2n) is 5.76. The van der Waals surface area contributed by atoms with Crippen molar-refractivity contribution >= 4 is 16.6 Å². The van der Waals surface area contributed by atoms with Crippen molar-refractivity contribution in [3.8, 4) is 0 Å². The average molecular weight is 285 g/mol. The highest BCUT2D eigenvalue weighted by Crippen LogP contribution is 2.18. The fourth-order valence-corrected chi connectivity index (χ4v) is 3.11. The molecule has 1 atom stereocenters. The van der Waals surface area contributed by atoms with Gasteiger partial charge >= 0.3 is 0 Å². The van der Waals surface area contributed by atoms with Crippen molar-refractivity contribution in [2.45, 2.75) is 32.2 Å². The summed E-state index contributed by atoms with van der Waals surface area (Å²) in [4.78, 5) is 17.5. The second-order valence-corrected chi connectivity index (χ2v) is 5.76. The Kier molecular flexibility index (Phi) is 4.25. The molecule has 0 aliphatic carbocycles. The molecule has 1 aliphatic rings. The van der Waals surface area contributed by atoms with Crippen LogP contribution in [0.5, 0.6) is 0 Å². The first kappa shape index (κ1) is 14.1. The van der Waals surface area contributed by atoms with E-state index in [-0.39, 0.29) is 5.56 Å². The van der Waals surface area contributed by atoms with Crippen molar-refractivity contribution in [3.05, 3.63) is 40.7 Å². The lowest BCUT2D eigenvalue weighted by Gasteiger charge is -2.31. The molecule has 0 saturated carbocycles. The Labute approximate surface area is 125 Å². The van der Waals surface area contributed by atoms with E-state index in [1.165, 1.54) is 19.3 Å².